The number of imidazole rings is 1. The third-order valence-corrected chi connectivity index (χ3v) is 7.67. The highest BCUT2D eigenvalue weighted by Crippen LogP contribution is 2.44. The third-order valence-electron chi connectivity index (χ3n) is 7.29. The molecule has 3 aliphatic rings. The Morgan fingerprint density at radius 1 is 1.27 bits per heavy atom. The first-order chi connectivity index (χ1) is 15.9. The fourth-order valence-corrected chi connectivity index (χ4v) is 6.15. The van der Waals surface area contributed by atoms with E-state index in [9.17, 15) is 14.4 Å². The molecule has 1 aromatic heterocycles. The molecule has 0 unspecified atom stereocenters. The van der Waals surface area contributed by atoms with E-state index in [2.05, 4.69) is 4.98 Å². The Hall–Kier alpha value is -2.71. The Morgan fingerprint density at radius 2 is 2.03 bits per heavy atom. The second-order valence-electron chi connectivity index (χ2n) is 9.16. The predicted molar refractivity (Wildman–Crippen MR) is 121 cm³/mol. The molecule has 2 N–H and O–H groups in total. The van der Waals surface area contributed by atoms with Gasteiger partial charge in [0.05, 0.1) is 17.0 Å². The average molecular weight is 471 g/mol. The van der Waals surface area contributed by atoms with Gasteiger partial charge < -0.3 is 19.9 Å². The van der Waals surface area contributed by atoms with Crippen LogP contribution in [0.25, 0.3) is 5.69 Å². The van der Waals surface area contributed by atoms with Crippen LogP contribution in [0.4, 0.5) is 0 Å². The number of likely N-dealkylation sites (tertiary alicyclic amines) is 1. The molecule has 1 aromatic carbocycles. The van der Waals surface area contributed by atoms with E-state index in [1.165, 1.54) is 0 Å². The van der Waals surface area contributed by atoms with Crippen LogP contribution in [0.5, 0.6) is 0 Å². The van der Waals surface area contributed by atoms with Crippen LogP contribution in [0.1, 0.15) is 53.3 Å². The number of alkyl halides is 1. The molecule has 2 saturated heterocycles. The topological polar surface area (TPSA) is 108 Å². The van der Waals surface area contributed by atoms with Crippen LogP contribution in [0.15, 0.2) is 30.6 Å². The molecular formula is C24H27ClN4O4. The van der Waals surface area contributed by atoms with E-state index < -0.39 is 29.3 Å². The number of amides is 2. The number of halogens is 1. The normalized spacial score (nSPS) is 26.1. The monoisotopic (exact) mass is 470 g/mol. The number of nitrogens with zero attached hydrogens (tertiary/aromatic N) is 3. The molecule has 9 heteroatoms. The van der Waals surface area contributed by atoms with Crippen molar-refractivity contribution in [2.75, 3.05) is 13.2 Å². The maximum absolute atomic E-state index is 14.2. The van der Waals surface area contributed by atoms with Gasteiger partial charge in [-0.2, -0.15) is 0 Å². The maximum Gasteiger partial charge on any atom is 0.249 e. The number of hydrogen-bond acceptors (Lipinski definition) is 5. The Bertz CT molecular complexity index is 1110. The molecule has 4 atom stereocenters. The zero-order valence-electron chi connectivity index (χ0n) is 18.4. The van der Waals surface area contributed by atoms with E-state index in [1.807, 2.05) is 23.8 Å². The molecule has 3 fully saturated rings. The summed E-state index contributed by atoms with van der Waals surface area (Å²) < 4.78 is 7.46. The van der Waals surface area contributed by atoms with Gasteiger partial charge in [-0.25, -0.2) is 4.98 Å². The Labute approximate surface area is 197 Å². The summed E-state index contributed by atoms with van der Waals surface area (Å²) in [4.78, 5) is 45.3. The van der Waals surface area contributed by atoms with Gasteiger partial charge >= 0.3 is 0 Å². The van der Waals surface area contributed by atoms with Gasteiger partial charge in [0.25, 0.3) is 0 Å². The van der Waals surface area contributed by atoms with Gasteiger partial charge in [-0.15, -0.1) is 11.6 Å². The number of ether oxygens (including phenoxy) is 1. The number of carbonyl (C=O) groups excluding carboxylic acids is 3. The lowest BCUT2D eigenvalue weighted by molar-refractivity contribution is -0.138. The number of aromatic nitrogens is 2. The van der Waals surface area contributed by atoms with E-state index in [0.29, 0.717) is 16.8 Å². The van der Waals surface area contributed by atoms with Crippen molar-refractivity contribution in [3.8, 4) is 5.69 Å². The van der Waals surface area contributed by atoms with E-state index in [0.717, 1.165) is 31.5 Å². The van der Waals surface area contributed by atoms with Gasteiger partial charge in [0.1, 0.15) is 24.6 Å². The number of nitrogens with two attached hydrogens (primary N) is 1. The van der Waals surface area contributed by atoms with Crippen LogP contribution < -0.4 is 5.73 Å². The minimum Gasteiger partial charge on any atom is -0.366 e. The first-order valence-electron chi connectivity index (χ1n) is 11.4. The fourth-order valence-electron chi connectivity index (χ4n) is 5.79. The van der Waals surface area contributed by atoms with E-state index in [-0.39, 0.29) is 30.8 Å². The van der Waals surface area contributed by atoms with Crippen molar-refractivity contribution in [1.29, 1.82) is 0 Å². The van der Waals surface area contributed by atoms with Crippen molar-refractivity contribution >= 4 is 29.2 Å². The molecule has 3 heterocycles. The molecule has 5 rings (SSSR count). The van der Waals surface area contributed by atoms with Gasteiger partial charge in [0, 0.05) is 30.1 Å². The van der Waals surface area contributed by atoms with E-state index in [4.69, 9.17) is 22.1 Å². The van der Waals surface area contributed by atoms with Gasteiger partial charge in [-0.05, 0) is 37.8 Å². The zero-order valence-corrected chi connectivity index (χ0v) is 19.2. The number of ketones is 1. The second kappa shape index (κ2) is 8.57. The summed E-state index contributed by atoms with van der Waals surface area (Å²) in [7, 11) is 0. The van der Waals surface area contributed by atoms with Crippen LogP contribution in [-0.2, 0) is 14.3 Å². The van der Waals surface area contributed by atoms with E-state index in [1.54, 1.807) is 23.2 Å². The first kappa shape index (κ1) is 22.1. The highest BCUT2D eigenvalue weighted by atomic mass is 35.5. The lowest BCUT2D eigenvalue weighted by Crippen LogP contribution is -2.45. The van der Waals surface area contributed by atoms with Gasteiger partial charge in [0.2, 0.25) is 11.8 Å². The van der Waals surface area contributed by atoms with E-state index >= 15 is 0 Å². The predicted octanol–water partition coefficient (Wildman–Crippen LogP) is 2.34. The quantitative estimate of drug-likeness (QED) is 0.675. The van der Waals surface area contributed by atoms with Crippen molar-refractivity contribution in [3.05, 3.63) is 47.5 Å². The Balaban J connectivity index is 1.67. The van der Waals surface area contributed by atoms with Crippen LogP contribution in [-0.4, -0.2) is 62.7 Å². The summed E-state index contributed by atoms with van der Waals surface area (Å²) >= 11 is 6.49. The smallest absolute Gasteiger partial charge is 0.249 e. The van der Waals surface area contributed by atoms with Crippen LogP contribution in [0, 0.1) is 12.8 Å². The highest BCUT2D eigenvalue weighted by Gasteiger charge is 2.53. The fraction of sp³-hybridized carbons (Fsp3) is 0.500. The average Bonchev–Trinajstić information content (AvgIpc) is 3.57. The first-order valence-corrected chi connectivity index (χ1v) is 11.8. The second-order valence-corrected chi connectivity index (χ2v) is 9.72. The molecule has 1 saturated carbocycles. The molecule has 33 heavy (non-hydrogen) atoms. The standard InChI is InChI=1S/C24H27ClN4O4/c1-13-27-9-10-28(13)17-8-4-7-15(23(26)31)20(17)19(14-5-2-3-6-14)24(32)29-11-16(25)22-21(29)18(30)12-33-22/h4,7-10,14,16,19,21-22H,2-3,5-6,11-12H2,1H3,(H2,26,31)/t16-,19-,21+,22+/m0/s1. The molecule has 0 bridgehead atoms. The van der Waals surface area contributed by atoms with Crippen molar-refractivity contribution in [3.63, 3.8) is 0 Å². The maximum atomic E-state index is 14.2. The number of benzene rings is 1. The summed E-state index contributed by atoms with van der Waals surface area (Å²) in [5.74, 6) is -0.760. The largest absolute Gasteiger partial charge is 0.366 e. The number of hydrogen-bond donors (Lipinski definition) is 1. The minimum absolute atomic E-state index is 0.0332. The summed E-state index contributed by atoms with van der Waals surface area (Å²) in [6, 6.07) is 4.64. The minimum atomic E-state index is -0.678. The molecule has 2 aliphatic heterocycles. The van der Waals surface area contributed by atoms with Crippen molar-refractivity contribution in [2.24, 2.45) is 11.7 Å². The molecule has 174 valence electrons. The summed E-state index contributed by atoms with van der Waals surface area (Å²) in [5.41, 5.74) is 7.44. The van der Waals surface area contributed by atoms with Crippen LogP contribution in [0.3, 0.4) is 0 Å². The van der Waals surface area contributed by atoms with Crippen LogP contribution in [0.2, 0.25) is 0 Å². The molecule has 2 aromatic rings. The van der Waals surface area contributed by atoms with Gasteiger partial charge in [0.15, 0.2) is 5.78 Å². The molecular weight excluding hydrogens is 444 g/mol. The number of rotatable bonds is 5. The number of primary amides is 1. The molecule has 2 amide bonds. The number of fused-ring (bicyclic) bond motifs is 1. The zero-order chi connectivity index (χ0) is 23.3. The molecule has 8 nitrogen and oxygen atoms in total. The van der Waals surface area contributed by atoms with Crippen molar-refractivity contribution in [1.82, 2.24) is 14.5 Å². The molecule has 0 radical (unpaired) electrons. The van der Waals surface area contributed by atoms with Crippen LogP contribution >= 0.6 is 11.6 Å². The summed E-state index contributed by atoms with van der Waals surface area (Å²) in [5, 5.41) is -0.448. The molecule has 0 spiro atoms. The Kier molecular flexibility index (Phi) is 5.74. The number of carbonyl (C=O) groups is 3. The Morgan fingerprint density at radius 3 is 2.70 bits per heavy atom. The number of aryl methyl sites for hydroxylation is 1. The summed E-state index contributed by atoms with van der Waals surface area (Å²) in [6.07, 6.45) is 6.75. The summed E-state index contributed by atoms with van der Waals surface area (Å²) in [6.45, 7) is 2.07. The third kappa shape index (κ3) is 3.65. The van der Waals surface area contributed by atoms with Gasteiger partial charge in [-0.3, -0.25) is 14.4 Å². The van der Waals surface area contributed by atoms with Gasteiger partial charge in [-0.1, -0.05) is 18.9 Å². The highest BCUT2D eigenvalue weighted by molar-refractivity contribution is 6.22. The van der Waals surface area contributed by atoms with Crippen molar-refractivity contribution < 1.29 is 19.1 Å². The lowest BCUT2D eigenvalue weighted by atomic mass is 9.80. The van der Waals surface area contributed by atoms with Crippen molar-refractivity contribution in [2.45, 2.75) is 56.0 Å². The molecule has 1 aliphatic carbocycles. The lowest BCUT2D eigenvalue weighted by Gasteiger charge is -2.32. The number of Topliss-reactive ketones (excluding diaryl/α,β-unsaturated/α-hetero) is 1. The SMILES string of the molecule is Cc1nccn1-c1cccc(C(N)=O)c1[C@@H](C(=O)N1C[C@H](Cl)[C@H]2OCC(=O)[C@H]21)C1CCCC1.